The molecule has 0 amide bonds. The Morgan fingerprint density at radius 3 is 2.71 bits per heavy atom. The number of rotatable bonds is 5. The van der Waals surface area contributed by atoms with E-state index >= 15 is 0 Å². The summed E-state index contributed by atoms with van der Waals surface area (Å²) in [5.74, 6) is 1.97. The van der Waals surface area contributed by atoms with E-state index in [2.05, 4.69) is 15.3 Å². The van der Waals surface area contributed by atoms with Gasteiger partial charge in [-0.3, -0.25) is 0 Å². The van der Waals surface area contributed by atoms with Crippen LogP contribution in [0.1, 0.15) is 0 Å². The van der Waals surface area contributed by atoms with E-state index in [4.69, 9.17) is 32.7 Å². The van der Waals surface area contributed by atoms with Gasteiger partial charge in [0.15, 0.2) is 0 Å². The van der Waals surface area contributed by atoms with Crippen molar-refractivity contribution in [2.24, 2.45) is 0 Å². The van der Waals surface area contributed by atoms with Crippen molar-refractivity contribution in [3.8, 4) is 17.4 Å². The quantitative estimate of drug-likeness (QED) is 0.665. The fourth-order valence-corrected chi connectivity index (χ4v) is 2.30. The maximum atomic E-state index is 6.20. The summed E-state index contributed by atoms with van der Waals surface area (Å²) in [6.07, 6.45) is 1.60. The number of hydrogen-bond donors (Lipinski definition) is 1. The average Bonchev–Trinajstić information content (AvgIpc) is 2.58. The van der Waals surface area contributed by atoms with Gasteiger partial charge in [-0.1, -0.05) is 29.3 Å². The van der Waals surface area contributed by atoms with E-state index < -0.39 is 0 Å². The molecule has 1 N–H and O–H groups in total. The highest BCUT2D eigenvalue weighted by molar-refractivity contribution is 6.32. The summed E-state index contributed by atoms with van der Waals surface area (Å²) in [4.78, 5) is 8.34. The highest BCUT2D eigenvalue weighted by Gasteiger charge is 2.07. The lowest BCUT2D eigenvalue weighted by Crippen LogP contribution is -1.98. The minimum atomic E-state index is 0.408. The van der Waals surface area contributed by atoms with Crippen LogP contribution in [0, 0.1) is 0 Å². The summed E-state index contributed by atoms with van der Waals surface area (Å²) in [5.41, 5.74) is 0.727. The Morgan fingerprint density at radius 1 is 1.04 bits per heavy atom. The van der Waals surface area contributed by atoms with E-state index in [0.29, 0.717) is 33.4 Å². The van der Waals surface area contributed by atoms with Gasteiger partial charge in [-0.15, -0.1) is 0 Å². The topological polar surface area (TPSA) is 56.3 Å². The van der Waals surface area contributed by atoms with Gasteiger partial charge in [0.05, 0.1) is 12.1 Å². The molecule has 3 rings (SSSR count). The third-order valence-corrected chi connectivity index (χ3v) is 3.60. The van der Waals surface area contributed by atoms with E-state index in [9.17, 15) is 0 Å². The van der Waals surface area contributed by atoms with E-state index in [-0.39, 0.29) is 0 Å². The molecule has 122 valence electrons. The Labute approximate surface area is 149 Å². The molecule has 7 heteroatoms. The van der Waals surface area contributed by atoms with Crippen molar-refractivity contribution >= 4 is 34.8 Å². The van der Waals surface area contributed by atoms with Crippen LogP contribution in [-0.4, -0.2) is 17.1 Å². The number of nitrogens with zero attached hydrogens (tertiary/aromatic N) is 2. The molecule has 0 saturated carbocycles. The van der Waals surface area contributed by atoms with Crippen molar-refractivity contribution < 1.29 is 9.47 Å². The van der Waals surface area contributed by atoms with Crippen molar-refractivity contribution in [2.75, 3.05) is 12.4 Å². The van der Waals surface area contributed by atoms with Gasteiger partial charge in [0.25, 0.3) is 0 Å². The van der Waals surface area contributed by atoms with Crippen LogP contribution >= 0.6 is 23.2 Å². The third kappa shape index (κ3) is 4.07. The van der Waals surface area contributed by atoms with Gasteiger partial charge in [-0.2, -0.15) is 4.98 Å². The largest absolute Gasteiger partial charge is 0.481 e. The van der Waals surface area contributed by atoms with Gasteiger partial charge in [0.1, 0.15) is 11.5 Å². The zero-order valence-electron chi connectivity index (χ0n) is 12.7. The maximum absolute atomic E-state index is 6.20. The summed E-state index contributed by atoms with van der Waals surface area (Å²) in [7, 11) is 1.55. The first-order valence-electron chi connectivity index (χ1n) is 7.01. The Balaban J connectivity index is 1.83. The predicted molar refractivity (Wildman–Crippen MR) is 94.8 cm³/mol. The van der Waals surface area contributed by atoms with Gasteiger partial charge in [0.2, 0.25) is 11.8 Å². The van der Waals surface area contributed by atoms with E-state index in [0.717, 1.165) is 5.69 Å². The summed E-state index contributed by atoms with van der Waals surface area (Å²) in [6, 6.07) is 14.0. The lowest BCUT2D eigenvalue weighted by Gasteiger charge is -2.11. The first-order chi connectivity index (χ1) is 11.6. The van der Waals surface area contributed by atoms with Crippen molar-refractivity contribution in [2.45, 2.75) is 0 Å². The molecule has 0 fully saturated rings. The van der Waals surface area contributed by atoms with Crippen LogP contribution < -0.4 is 14.8 Å². The molecular weight excluding hydrogens is 349 g/mol. The molecule has 1 heterocycles. The van der Waals surface area contributed by atoms with Crippen molar-refractivity contribution in [3.63, 3.8) is 0 Å². The average molecular weight is 362 g/mol. The smallest absolute Gasteiger partial charge is 0.230 e. The number of nitrogens with one attached hydrogen (secondary N) is 1. The standard InChI is InChI=1S/C17H13Cl2N3O2/c1-23-16-7-8-20-17(22-16)21-12-5-6-14(19)15(10-12)24-13-4-2-3-11(18)9-13/h2-10H,1H3,(H,20,21,22). The molecule has 5 nitrogen and oxygen atoms in total. The molecule has 0 aliphatic carbocycles. The van der Waals surface area contributed by atoms with Crippen LogP contribution in [0.5, 0.6) is 17.4 Å². The van der Waals surface area contributed by atoms with Gasteiger partial charge in [-0.05, 0) is 30.3 Å². The van der Waals surface area contributed by atoms with Crippen molar-refractivity contribution in [1.82, 2.24) is 9.97 Å². The molecule has 2 aromatic carbocycles. The molecule has 3 aromatic rings. The second-order valence-corrected chi connectivity index (χ2v) is 5.60. The lowest BCUT2D eigenvalue weighted by atomic mass is 10.3. The van der Waals surface area contributed by atoms with Crippen LogP contribution in [-0.2, 0) is 0 Å². The van der Waals surface area contributed by atoms with E-state index in [1.807, 2.05) is 0 Å². The third-order valence-electron chi connectivity index (χ3n) is 3.05. The second-order valence-electron chi connectivity index (χ2n) is 4.75. The van der Waals surface area contributed by atoms with Crippen LogP contribution in [0.15, 0.2) is 54.7 Å². The SMILES string of the molecule is COc1ccnc(Nc2ccc(Cl)c(Oc3cccc(Cl)c3)c2)n1. The van der Waals surface area contributed by atoms with E-state index in [1.165, 1.54) is 0 Å². The highest BCUT2D eigenvalue weighted by atomic mass is 35.5. The summed E-state index contributed by atoms with van der Waals surface area (Å²) >= 11 is 12.2. The van der Waals surface area contributed by atoms with Crippen LogP contribution in [0.2, 0.25) is 10.0 Å². The molecule has 24 heavy (non-hydrogen) atoms. The molecule has 0 spiro atoms. The summed E-state index contributed by atoms with van der Waals surface area (Å²) in [5, 5.41) is 4.14. The molecule has 0 atom stereocenters. The summed E-state index contributed by atoms with van der Waals surface area (Å²) < 4.78 is 10.9. The summed E-state index contributed by atoms with van der Waals surface area (Å²) in [6.45, 7) is 0. The predicted octanol–water partition coefficient (Wildman–Crippen LogP) is 5.33. The monoisotopic (exact) mass is 361 g/mol. The zero-order chi connectivity index (χ0) is 16.9. The van der Waals surface area contributed by atoms with Crippen molar-refractivity contribution in [3.05, 3.63) is 64.8 Å². The van der Waals surface area contributed by atoms with Crippen LogP contribution in [0.3, 0.4) is 0 Å². The minimum absolute atomic E-state index is 0.408. The maximum Gasteiger partial charge on any atom is 0.230 e. The molecule has 0 radical (unpaired) electrons. The number of aromatic nitrogens is 2. The number of benzene rings is 2. The molecular formula is C17H13Cl2N3O2. The molecule has 0 unspecified atom stereocenters. The zero-order valence-corrected chi connectivity index (χ0v) is 14.2. The minimum Gasteiger partial charge on any atom is -0.481 e. The Morgan fingerprint density at radius 2 is 1.92 bits per heavy atom. The number of methoxy groups -OCH3 is 1. The van der Waals surface area contributed by atoms with E-state index in [1.54, 1.807) is 61.8 Å². The lowest BCUT2D eigenvalue weighted by molar-refractivity contribution is 0.397. The Bertz CT molecular complexity index is 859. The fourth-order valence-electron chi connectivity index (χ4n) is 1.96. The number of hydrogen-bond acceptors (Lipinski definition) is 5. The van der Waals surface area contributed by atoms with Gasteiger partial charge < -0.3 is 14.8 Å². The normalized spacial score (nSPS) is 10.3. The van der Waals surface area contributed by atoms with Crippen molar-refractivity contribution in [1.29, 1.82) is 0 Å². The highest BCUT2D eigenvalue weighted by Crippen LogP contribution is 2.33. The van der Waals surface area contributed by atoms with Gasteiger partial charge >= 0.3 is 0 Å². The van der Waals surface area contributed by atoms with Gasteiger partial charge in [0, 0.05) is 29.0 Å². The Kier molecular flexibility index (Phi) is 5.03. The molecule has 0 aliphatic rings. The van der Waals surface area contributed by atoms with Gasteiger partial charge in [-0.25, -0.2) is 4.98 Å². The first-order valence-corrected chi connectivity index (χ1v) is 7.76. The van der Waals surface area contributed by atoms with Crippen LogP contribution in [0.4, 0.5) is 11.6 Å². The Hall–Kier alpha value is -2.50. The fraction of sp³-hybridized carbons (Fsp3) is 0.0588. The molecule has 0 saturated heterocycles. The second kappa shape index (κ2) is 7.38. The molecule has 1 aromatic heterocycles. The molecule has 0 bridgehead atoms. The number of ether oxygens (including phenoxy) is 2. The molecule has 0 aliphatic heterocycles. The first kappa shape index (κ1) is 16.4. The number of anilines is 2. The van der Waals surface area contributed by atoms with Crippen LogP contribution in [0.25, 0.3) is 0 Å². The number of halogens is 2.